The molecule has 1 aromatic carbocycles. The summed E-state index contributed by atoms with van der Waals surface area (Å²) in [6.07, 6.45) is 3.89. The maximum atomic E-state index is 12.6. The molecular weight excluding hydrogens is 418 g/mol. The Morgan fingerprint density at radius 3 is 2.62 bits per heavy atom. The number of hydrogen-bond acceptors (Lipinski definition) is 4. The highest BCUT2D eigenvalue weighted by atomic mass is 79.9. The largest absolute Gasteiger partial charge is 0.326 e. The third kappa shape index (κ3) is 4.13. The molecule has 1 amide bonds. The van der Waals surface area contributed by atoms with Crippen molar-refractivity contribution in [2.45, 2.75) is 24.7 Å². The fourth-order valence-electron chi connectivity index (χ4n) is 3.01. The first-order valence-corrected chi connectivity index (χ1v) is 10.6. The molecule has 0 aliphatic carbocycles. The minimum absolute atomic E-state index is 0.0613. The van der Waals surface area contributed by atoms with Crippen molar-refractivity contribution in [3.05, 3.63) is 52.8 Å². The Morgan fingerprint density at radius 1 is 1.27 bits per heavy atom. The Bertz CT molecular complexity index is 895. The van der Waals surface area contributed by atoms with Crippen LogP contribution in [0.5, 0.6) is 0 Å². The number of halogens is 1. The van der Waals surface area contributed by atoms with Crippen LogP contribution in [0.25, 0.3) is 0 Å². The Kier molecular flexibility index (Phi) is 5.74. The molecule has 138 valence electrons. The molecule has 1 aliphatic heterocycles. The van der Waals surface area contributed by atoms with Crippen LogP contribution in [0.2, 0.25) is 0 Å². The first kappa shape index (κ1) is 19.0. The van der Waals surface area contributed by atoms with Crippen molar-refractivity contribution in [1.29, 1.82) is 0 Å². The molecule has 2 aromatic rings. The van der Waals surface area contributed by atoms with Crippen LogP contribution in [-0.2, 0) is 14.8 Å². The van der Waals surface area contributed by atoms with Gasteiger partial charge in [0.1, 0.15) is 4.90 Å². The lowest BCUT2D eigenvalue weighted by Gasteiger charge is -2.30. The number of rotatable bonds is 4. The number of anilines is 1. The number of piperidine rings is 1. The smallest absolute Gasteiger partial charge is 0.244 e. The highest BCUT2D eigenvalue weighted by Crippen LogP contribution is 2.26. The number of carbonyl (C=O) groups excluding carboxylic acids is 1. The van der Waals surface area contributed by atoms with Crippen LogP contribution in [0.15, 0.2) is 52.1 Å². The van der Waals surface area contributed by atoms with E-state index in [1.54, 1.807) is 12.3 Å². The van der Waals surface area contributed by atoms with Gasteiger partial charge in [-0.3, -0.25) is 9.78 Å². The summed E-state index contributed by atoms with van der Waals surface area (Å²) in [5, 5.41) is 2.95. The van der Waals surface area contributed by atoms with Gasteiger partial charge in [-0.2, -0.15) is 4.31 Å². The van der Waals surface area contributed by atoms with Crippen molar-refractivity contribution < 1.29 is 13.2 Å². The molecule has 1 saturated heterocycles. The zero-order valence-electron chi connectivity index (χ0n) is 14.4. The number of aromatic nitrogens is 1. The fraction of sp³-hybridized carbons (Fsp3) is 0.333. The summed E-state index contributed by atoms with van der Waals surface area (Å²) in [4.78, 5) is 16.6. The van der Waals surface area contributed by atoms with Gasteiger partial charge in [0.05, 0.1) is 0 Å². The molecule has 0 atom stereocenters. The average Bonchev–Trinajstić information content (AvgIpc) is 2.65. The predicted octanol–water partition coefficient (Wildman–Crippen LogP) is 3.19. The zero-order chi connectivity index (χ0) is 18.7. The lowest BCUT2D eigenvalue weighted by molar-refractivity contribution is -0.120. The Hall–Kier alpha value is -1.77. The molecule has 0 radical (unpaired) electrons. The number of nitrogens with one attached hydrogen (secondary N) is 1. The molecule has 0 unspecified atom stereocenters. The van der Waals surface area contributed by atoms with E-state index in [1.807, 2.05) is 25.1 Å². The van der Waals surface area contributed by atoms with E-state index in [0.29, 0.717) is 25.9 Å². The minimum atomic E-state index is -3.55. The molecule has 6 nitrogen and oxygen atoms in total. The number of sulfonamides is 1. The molecule has 8 heteroatoms. The topological polar surface area (TPSA) is 79.4 Å². The van der Waals surface area contributed by atoms with Gasteiger partial charge in [-0.05, 0) is 55.7 Å². The highest BCUT2D eigenvalue weighted by Gasteiger charge is 2.32. The van der Waals surface area contributed by atoms with Crippen molar-refractivity contribution in [3.8, 4) is 0 Å². The molecule has 3 rings (SSSR count). The molecular formula is C18H20BrN3O3S. The van der Waals surface area contributed by atoms with Gasteiger partial charge in [0.15, 0.2) is 0 Å². The monoisotopic (exact) mass is 437 g/mol. The Morgan fingerprint density at radius 2 is 2.00 bits per heavy atom. The van der Waals surface area contributed by atoms with Gasteiger partial charge in [-0.25, -0.2) is 8.42 Å². The summed E-state index contributed by atoms with van der Waals surface area (Å²) in [6.45, 7) is 2.59. The number of pyridine rings is 1. The van der Waals surface area contributed by atoms with Crippen molar-refractivity contribution in [3.63, 3.8) is 0 Å². The van der Waals surface area contributed by atoms with E-state index in [2.05, 4.69) is 26.2 Å². The van der Waals surface area contributed by atoms with Gasteiger partial charge in [-0.1, -0.05) is 15.9 Å². The van der Waals surface area contributed by atoms with E-state index >= 15 is 0 Å². The van der Waals surface area contributed by atoms with Gasteiger partial charge in [0, 0.05) is 41.6 Å². The predicted molar refractivity (Wildman–Crippen MR) is 103 cm³/mol. The van der Waals surface area contributed by atoms with Crippen LogP contribution in [0, 0.1) is 12.8 Å². The second-order valence-electron chi connectivity index (χ2n) is 6.32. The standard InChI is InChI=1S/C18H20BrN3O3S/c1-13-11-15(19)4-5-17(13)21-18(23)14-6-9-22(10-7-14)26(24,25)16-3-2-8-20-12-16/h2-5,8,11-12,14H,6-7,9-10H2,1H3,(H,21,23). The van der Waals surface area contributed by atoms with Crippen molar-refractivity contribution in [2.24, 2.45) is 5.92 Å². The summed E-state index contributed by atoms with van der Waals surface area (Å²) in [5.41, 5.74) is 1.76. The summed E-state index contributed by atoms with van der Waals surface area (Å²) in [6, 6.07) is 8.83. The van der Waals surface area contributed by atoms with Crippen molar-refractivity contribution in [1.82, 2.24) is 9.29 Å². The lowest BCUT2D eigenvalue weighted by atomic mass is 9.97. The number of carbonyl (C=O) groups is 1. The van der Waals surface area contributed by atoms with Crippen LogP contribution in [-0.4, -0.2) is 36.7 Å². The van der Waals surface area contributed by atoms with Crippen LogP contribution >= 0.6 is 15.9 Å². The van der Waals surface area contributed by atoms with E-state index in [-0.39, 0.29) is 16.7 Å². The fourth-order valence-corrected chi connectivity index (χ4v) is 4.92. The van der Waals surface area contributed by atoms with Crippen LogP contribution in [0.4, 0.5) is 5.69 Å². The number of aryl methyl sites for hydroxylation is 1. The van der Waals surface area contributed by atoms with E-state index in [1.165, 1.54) is 16.6 Å². The zero-order valence-corrected chi connectivity index (χ0v) is 16.8. The first-order valence-electron chi connectivity index (χ1n) is 8.35. The second kappa shape index (κ2) is 7.85. The van der Waals surface area contributed by atoms with Crippen molar-refractivity contribution >= 4 is 37.5 Å². The van der Waals surface area contributed by atoms with E-state index < -0.39 is 10.0 Å². The van der Waals surface area contributed by atoms with Gasteiger partial charge < -0.3 is 5.32 Å². The minimum Gasteiger partial charge on any atom is -0.326 e. The van der Waals surface area contributed by atoms with Gasteiger partial charge in [0.25, 0.3) is 0 Å². The van der Waals surface area contributed by atoms with Crippen molar-refractivity contribution in [2.75, 3.05) is 18.4 Å². The number of benzene rings is 1. The molecule has 1 aromatic heterocycles. The third-order valence-electron chi connectivity index (χ3n) is 4.54. The lowest BCUT2D eigenvalue weighted by Crippen LogP contribution is -2.41. The van der Waals surface area contributed by atoms with E-state index in [9.17, 15) is 13.2 Å². The summed E-state index contributed by atoms with van der Waals surface area (Å²) in [5.74, 6) is -0.257. The molecule has 1 N–H and O–H groups in total. The van der Waals surface area contributed by atoms with Crippen LogP contribution < -0.4 is 5.32 Å². The average molecular weight is 438 g/mol. The maximum absolute atomic E-state index is 12.6. The first-order chi connectivity index (χ1) is 12.4. The molecule has 2 heterocycles. The molecule has 1 fully saturated rings. The molecule has 0 spiro atoms. The normalized spacial score (nSPS) is 16.4. The second-order valence-corrected chi connectivity index (χ2v) is 9.17. The van der Waals surface area contributed by atoms with Gasteiger partial charge in [-0.15, -0.1) is 0 Å². The maximum Gasteiger partial charge on any atom is 0.244 e. The summed E-state index contributed by atoms with van der Waals surface area (Å²) < 4.78 is 27.6. The number of nitrogens with zero attached hydrogens (tertiary/aromatic N) is 2. The summed E-state index contributed by atoms with van der Waals surface area (Å²) in [7, 11) is -3.55. The highest BCUT2D eigenvalue weighted by molar-refractivity contribution is 9.10. The van der Waals surface area contributed by atoms with Gasteiger partial charge in [0.2, 0.25) is 15.9 Å². The molecule has 1 aliphatic rings. The molecule has 0 bridgehead atoms. The number of hydrogen-bond donors (Lipinski definition) is 1. The van der Waals surface area contributed by atoms with Gasteiger partial charge >= 0.3 is 0 Å². The Balaban J connectivity index is 1.62. The van der Waals surface area contributed by atoms with E-state index in [4.69, 9.17) is 0 Å². The van der Waals surface area contributed by atoms with Crippen LogP contribution in [0.3, 0.4) is 0 Å². The summed E-state index contributed by atoms with van der Waals surface area (Å²) >= 11 is 3.40. The molecule has 0 saturated carbocycles. The Labute approximate surface area is 161 Å². The third-order valence-corrected chi connectivity index (χ3v) is 6.92. The number of amides is 1. The quantitative estimate of drug-likeness (QED) is 0.796. The molecule has 26 heavy (non-hydrogen) atoms. The van der Waals surface area contributed by atoms with E-state index in [0.717, 1.165) is 15.7 Å². The SMILES string of the molecule is Cc1cc(Br)ccc1NC(=O)C1CCN(S(=O)(=O)c2cccnc2)CC1. The van der Waals surface area contributed by atoms with Crippen LogP contribution in [0.1, 0.15) is 18.4 Å².